The van der Waals surface area contributed by atoms with Crippen molar-refractivity contribution in [2.24, 2.45) is 0 Å². The summed E-state index contributed by atoms with van der Waals surface area (Å²) in [5.41, 5.74) is 3.35. The second-order valence-corrected chi connectivity index (χ2v) is 7.08. The SMILES string of the molecule is C=C1CC=CC2=C1C(=O)N(n1ccc3cc(OCc4ccccc4)ccc31)C2=O. The quantitative estimate of drug-likeness (QED) is 0.640. The van der Waals surface area contributed by atoms with Gasteiger partial charge in [-0.25, -0.2) is 0 Å². The van der Waals surface area contributed by atoms with Crippen molar-refractivity contribution in [3.8, 4) is 5.75 Å². The zero-order valence-electron chi connectivity index (χ0n) is 15.7. The van der Waals surface area contributed by atoms with Crippen molar-refractivity contribution >= 4 is 22.7 Å². The third kappa shape index (κ3) is 2.79. The topological polar surface area (TPSA) is 51.5 Å². The van der Waals surface area contributed by atoms with E-state index in [1.165, 1.54) is 5.01 Å². The van der Waals surface area contributed by atoms with E-state index < -0.39 is 0 Å². The zero-order valence-corrected chi connectivity index (χ0v) is 15.7. The first-order chi connectivity index (χ1) is 14.1. The minimum atomic E-state index is -0.332. The minimum Gasteiger partial charge on any atom is -0.489 e. The van der Waals surface area contributed by atoms with Gasteiger partial charge in [0.25, 0.3) is 11.8 Å². The average Bonchev–Trinajstić information content (AvgIpc) is 3.26. The maximum atomic E-state index is 12.9. The van der Waals surface area contributed by atoms with Crippen LogP contribution in [0.5, 0.6) is 5.75 Å². The predicted octanol–water partition coefficient (Wildman–Crippen LogP) is 4.04. The molecule has 0 saturated carbocycles. The summed E-state index contributed by atoms with van der Waals surface area (Å²) in [4.78, 5) is 25.8. The number of aromatic nitrogens is 1. The number of fused-ring (bicyclic) bond motifs is 1. The molecule has 1 aliphatic heterocycles. The van der Waals surface area contributed by atoms with Crippen molar-refractivity contribution in [3.63, 3.8) is 0 Å². The van der Waals surface area contributed by atoms with Gasteiger partial charge in [0.05, 0.1) is 16.7 Å². The van der Waals surface area contributed by atoms with Crippen molar-refractivity contribution in [1.82, 2.24) is 4.68 Å². The molecule has 2 aromatic carbocycles. The number of benzene rings is 2. The van der Waals surface area contributed by atoms with Gasteiger partial charge in [-0.1, -0.05) is 49.1 Å². The van der Waals surface area contributed by atoms with Crippen LogP contribution in [-0.2, 0) is 16.2 Å². The molecule has 0 fully saturated rings. The first-order valence-corrected chi connectivity index (χ1v) is 9.39. The second-order valence-electron chi connectivity index (χ2n) is 7.08. The number of allylic oxidation sites excluding steroid dienone is 1. The lowest BCUT2D eigenvalue weighted by atomic mass is 9.95. The predicted molar refractivity (Wildman–Crippen MR) is 111 cm³/mol. The highest BCUT2D eigenvalue weighted by Crippen LogP contribution is 2.33. The highest BCUT2D eigenvalue weighted by Gasteiger charge is 2.40. The Balaban J connectivity index is 1.44. The molecular formula is C24H18N2O3. The lowest BCUT2D eigenvalue weighted by Crippen LogP contribution is -2.40. The second kappa shape index (κ2) is 6.63. The molecule has 5 heteroatoms. The van der Waals surface area contributed by atoms with Crippen LogP contribution in [0.4, 0.5) is 0 Å². The van der Waals surface area contributed by atoms with Crippen molar-refractivity contribution in [2.75, 3.05) is 5.01 Å². The molecule has 5 rings (SSSR count). The molecule has 142 valence electrons. The van der Waals surface area contributed by atoms with E-state index in [2.05, 4.69) is 6.58 Å². The van der Waals surface area contributed by atoms with E-state index in [1.54, 1.807) is 16.9 Å². The van der Waals surface area contributed by atoms with Crippen LogP contribution in [0.1, 0.15) is 12.0 Å². The average molecular weight is 382 g/mol. The molecule has 2 amide bonds. The monoisotopic (exact) mass is 382 g/mol. The molecule has 2 aliphatic rings. The van der Waals surface area contributed by atoms with E-state index in [0.717, 1.165) is 22.2 Å². The number of ether oxygens (including phenoxy) is 1. The Bertz CT molecular complexity index is 1230. The van der Waals surface area contributed by atoms with E-state index in [-0.39, 0.29) is 11.8 Å². The first-order valence-electron chi connectivity index (χ1n) is 9.39. The van der Waals surface area contributed by atoms with Gasteiger partial charge in [0.2, 0.25) is 0 Å². The molecule has 0 N–H and O–H groups in total. The van der Waals surface area contributed by atoms with E-state index in [0.29, 0.717) is 29.7 Å². The molecule has 1 aliphatic carbocycles. The summed E-state index contributed by atoms with van der Waals surface area (Å²) in [7, 11) is 0. The Labute approximate surface area is 167 Å². The van der Waals surface area contributed by atoms with Gasteiger partial charge in [0.15, 0.2) is 0 Å². The molecule has 5 nitrogen and oxygen atoms in total. The number of carbonyl (C=O) groups is 2. The van der Waals surface area contributed by atoms with Crippen LogP contribution in [0, 0.1) is 0 Å². The molecule has 1 aromatic heterocycles. The van der Waals surface area contributed by atoms with Gasteiger partial charge < -0.3 is 4.74 Å². The lowest BCUT2D eigenvalue weighted by molar-refractivity contribution is -0.122. The molecule has 0 saturated heterocycles. The van der Waals surface area contributed by atoms with Gasteiger partial charge in [0.1, 0.15) is 12.4 Å². The van der Waals surface area contributed by atoms with Gasteiger partial charge in [-0.2, -0.15) is 5.01 Å². The van der Waals surface area contributed by atoms with Crippen molar-refractivity contribution < 1.29 is 14.3 Å². The summed E-state index contributed by atoms with van der Waals surface area (Å²) in [5.74, 6) is 0.0668. The van der Waals surface area contributed by atoms with Gasteiger partial charge in [-0.3, -0.25) is 14.3 Å². The number of amides is 2. The Morgan fingerprint density at radius 1 is 1.00 bits per heavy atom. The smallest absolute Gasteiger partial charge is 0.281 e. The van der Waals surface area contributed by atoms with Crippen molar-refractivity contribution in [3.05, 3.63) is 102 Å². The van der Waals surface area contributed by atoms with Crippen LogP contribution < -0.4 is 9.75 Å². The Morgan fingerprint density at radius 2 is 1.83 bits per heavy atom. The summed E-state index contributed by atoms with van der Waals surface area (Å²) in [5, 5.41) is 2.06. The molecule has 0 unspecified atom stereocenters. The summed E-state index contributed by atoms with van der Waals surface area (Å²) in [6, 6.07) is 17.4. The fourth-order valence-corrected chi connectivity index (χ4v) is 3.76. The van der Waals surface area contributed by atoms with Crippen LogP contribution in [0.3, 0.4) is 0 Å². The third-order valence-electron chi connectivity index (χ3n) is 5.21. The summed E-state index contributed by atoms with van der Waals surface area (Å²) < 4.78 is 7.48. The normalized spacial score (nSPS) is 16.1. The molecular weight excluding hydrogens is 364 g/mol. The molecule has 3 aromatic rings. The number of hydrogen-bond acceptors (Lipinski definition) is 3. The number of hydrogen-bond donors (Lipinski definition) is 0. The highest BCUT2D eigenvalue weighted by molar-refractivity contribution is 6.32. The molecule has 0 bridgehead atoms. The van der Waals surface area contributed by atoms with Crippen LogP contribution in [0.25, 0.3) is 10.9 Å². The van der Waals surface area contributed by atoms with Crippen LogP contribution in [0.15, 0.2) is 96.2 Å². The maximum absolute atomic E-state index is 12.9. The van der Waals surface area contributed by atoms with E-state index in [4.69, 9.17) is 4.74 Å². The first kappa shape index (κ1) is 17.3. The van der Waals surface area contributed by atoms with Gasteiger partial charge in [-0.15, -0.1) is 0 Å². The third-order valence-corrected chi connectivity index (χ3v) is 5.21. The largest absolute Gasteiger partial charge is 0.489 e. The molecule has 0 spiro atoms. The van der Waals surface area contributed by atoms with Crippen LogP contribution in [-0.4, -0.2) is 16.5 Å². The van der Waals surface area contributed by atoms with E-state index in [1.807, 2.05) is 60.7 Å². The van der Waals surface area contributed by atoms with Gasteiger partial charge in [0, 0.05) is 11.6 Å². The fourth-order valence-electron chi connectivity index (χ4n) is 3.76. The van der Waals surface area contributed by atoms with E-state index >= 15 is 0 Å². The summed E-state index contributed by atoms with van der Waals surface area (Å²) in [6.07, 6.45) is 5.89. The van der Waals surface area contributed by atoms with Crippen LogP contribution in [0.2, 0.25) is 0 Å². The number of carbonyl (C=O) groups excluding carboxylic acids is 2. The Morgan fingerprint density at radius 3 is 2.62 bits per heavy atom. The summed E-state index contributed by atoms with van der Waals surface area (Å²) in [6.45, 7) is 4.42. The van der Waals surface area contributed by atoms with Crippen molar-refractivity contribution in [2.45, 2.75) is 13.0 Å². The van der Waals surface area contributed by atoms with E-state index in [9.17, 15) is 9.59 Å². The molecule has 2 heterocycles. The Hall–Kier alpha value is -3.86. The van der Waals surface area contributed by atoms with Gasteiger partial charge in [-0.05, 0) is 41.8 Å². The maximum Gasteiger partial charge on any atom is 0.281 e. The fraction of sp³-hybridized carbons (Fsp3) is 0.0833. The number of imide groups is 1. The lowest BCUT2D eigenvalue weighted by Gasteiger charge is -2.18. The van der Waals surface area contributed by atoms with Crippen molar-refractivity contribution in [1.29, 1.82) is 0 Å². The minimum absolute atomic E-state index is 0.330. The highest BCUT2D eigenvalue weighted by atomic mass is 16.5. The molecule has 0 radical (unpaired) electrons. The molecule has 29 heavy (non-hydrogen) atoms. The Kier molecular flexibility index (Phi) is 3.95. The molecule has 0 atom stereocenters. The number of nitrogens with zero attached hydrogens (tertiary/aromatic N) is 2. The van der Waals surface area contributed by atoms with Gasteiger partial charge >= 0.3 is 0 Å². The van der Waals surface area contributed by atoms with Crippen LogP contribution >= 0.6 is 0 Å². The standard InChI is InChI=1S/C24H18N2O3/c1-16-6-5-9-20-22(16)24(28)26(23(20)27)25-13-12-18-14-19(10-11-21(18)25)29-15-17-7-3-2-4-8-17/h2-5,7-14H,1,6,15H2. The number of rotatable bonds is 4. The summed E-state index contributed by atoms with van der Waals surface area (Å²) >= 11 is 0. The zero-order chi connectivity index (χ0) is 20.0.